The lowest BCUT2D eigenvalue weighted by atomic mass is 10.1. The van der Waals surface area contributed by atoms with Gasteiger partial charge in [0.2, 0.25) is 0 Å². The zero-order valence-electron chi connectivity index (χ0n) is 12.4. The van der Waals surface area contributed by atoms with Gasteiger partial charge in [-0.15, -0.1) is 11.8 Å². The number of amides is 1. The van der Waals surface area contributed by atoms with Crippen LogP contribution < -0.4 is 5.32 Å². The highest BCUT2D eigenvalue weighted by Crippen LogP contribution is 2.27. The van der Waals surface area contributed by atoms with E-state index in [1.54, 1.807) is 11.8 Å². The summed E-state index contributed by atoms with van der Waals surface area (Å²) in [5.74, 6) is 0.836. The number of H-pyrrole nitrogens is 1. The number of hydrogen-bond acceptors (Lipinski definition) is 2. The summed E-state index contributed by atoms with van der Waals surface area (Å²) in [5, 5.41) is 4.20. The number of fused-ring (bicyclic) bond motifs is 1. The lowest BCUT2D eigenvalue weighted by molar-refractivity contribution is 0.0956. The van der Waals surface area contributed by atoms with E-state index in [0.29, 0.717) is 6.54 Å². The summed E-state index contributed by atoms with van der Waals surface area (Å²) in [4.78, 5) is 16.5. The molecule has 0 aliphatic carbocycles. The van der Waals surface area contributed by atoms with Gasteiger partial charge in [0.1, 0.15) is 0 Å². The van der Waals surface area contributed by atoms with Crippen LogP contribution in [0.1, 0.15) is 15.9 Å². The predicted octanol–water partition coefficient (Wildman–Crippen LogP) is 4.00. The molecule has 0 saturated heterocycles. The van der Waals surface area contributed by atoms with Crippen LogP contribution in [0.5, 0.6) is 0 Å². The molecule has 0 aliphatic rings. The maximum Gasteiger partial charge on any atom is 0.251 e. The average Bonchev–Trinajstić information content (AvgIpc) is 2.95. The quantitative estimate of drug-likeness (QED) is 0.552. The molecular formula is C18H18N2OS. The first-order chi connectivity index (χ1) is 10.7. The summed E-state index contributed by atoms with van der Waals surface area (Å²) in [6.07, 6.45) is 2.03. The van der Waals surface area contributed by atoms with Crippen molar-refractivity contribution in [3.05, 3.63) is 65.9 Å². The van der Waals surface area contributed by atoms with Crippen LogP contribution in [0.4, 0.5) is 0 Å². The molecule has 0 aliphatic heterocycles. The third-order valence-corrected chi connectivity index (χ3v) is 4.53. The minimum atomic E-state index is -0.0109. The molecule has 0 radical (unpaired) electrons. The number of para-hydroxylation sites is 1. The van der Waals surface area contributed by atoms with Crippen LogP contribution in [0.15, 0.2) is 59.6 Å². The number of rotatable bonds is 5. The van der Waals surface area contributed by atoms with Gasteiger partial charge < -0.3 is 10.3 Å². The zero-order valence-corrected chi connectivity index (χ0v) is 13.2. The first kappa shape index (κ1) is 14.7. The first-order valence-electron chi connectivity index (χ1n) is 7.28. The highest BCUT2D eigenvalue weighted by Gasteiger charge is 2.06. The summed E-state index contributed by atoms with van der Waals surface area (Å²) >= 11 is 1.75. The van der Waals surface area contributed by atoms with Crippen molar-refractivity contribution in [2.45, 2.75) is 11.8 Å². The van der Waals surface area contributed by atoms with Crippen LogP contribution in [0.3, 0.4) is 0 Å². The fraction of sp³-hybridized carbons (Fsp3) is 0.167. The average molecular weight is 310 g/mol. The fourth-order valence-electron chi connectivity index (χ4n) is 2.38. The summed E-state index contributed by atoms with van der Waals surface area (Å²) in [6.45, 7) is 2.64. The number of aromatic amines is 1. The Labute approximate surface area is 134 Å². The number of benzene rings is 2. The van der Waals surface area contributed by atoms with Gasteiger partial charge in [-0.25, -0.2) is 0 Å². The summed E-state index contributed by atoms with van der Waals surface area (Å²) in [7, 11) is 0. The van der Waals surface area contributed by atoms with Gasteiger partial charge in [0.05, 0.1) is 0 Å². The summed E-state index contributed by atoms with van der Waals surface area (Å²) in [5.41, 5.74) is 2.96. The smallest absolute Gasteiger partial charge is 0.251 e. The number of carbonyl (C=O) groups is 1. The number of hydrogen-bond donors (Lipinski definition) is 2. The lowest BCUT2D eigenvalue weighted by Gasteiger charge is -2.05. The van der Waals surface area contributed by atoms with E-state index >= 15 is 0 Å². The second kappa shape index (κ2) is 6.71. The Kier molecular flexibility index (Phi) is 4.49. The topological polar surface area (TPSA) is 44.9 Å². The number of thioether (sulfide) groups is 1. The Balaban J connectivity index is 1.52. The highest BCUT2D eigenvalue weighted by atomic mass is 32.2. The van der Waals surface area contributed by atoms with Gasteiger partial charge in [-0.2, -0.15) is 0 Å². The van der Waals surface area contributed by atoms with Gasteiger partial charge in [0.25, 0.3) is 5.91 Å². The molecule has 0 saturated carbocycles. The van der Waals surface area contributed by atoms with Crippen molar-refractivity contribution in [3.63, 3.8) is 0 Å². The molecule has 4 heteroatoms. The van der Waals surface area contributed by atoms with Crippen molar-refractivity contribution >= 4 is 28.6 Å². The summed E-state index contributed by atoms with van der Waals surface area (Å²) in [6, 6.07) is 15.9. The van der Waals surface area contributed by atoms with Crippen molar-refractivity contribution in [1.29, 1.82) is 0 Å². The summed E-state index contributed by atoms with van der Waals surface area (Å²) < 4.78 is 0. The van der Waals surface area contributed by atoms with Crippen LogP contribution in [0.2, 0.25) is 0 Å². The molecule has 0 bridgehead atoms. The van der Waals surface area contributed by atoms with E-state index in [9.17, 15) is 4.79 Å². The first-order valence-corrected chi connectivity index (χ1v) is 8.26. The minimum Gasteiger partial charge on any atom is -0.360 e. The molecule has 2 N–H and O–H groups in total. The Hall–Kier alpha value is -2.20. The second-order valence-corrected chi connectivity index (χ2v) is 6.31. The maximum absolute atomic E-state index is 12.0. The fourth-order valence-corrected chi connectivity index (χ4v) is 3.28. The molecular weight excluding hydrogens is 292 g/mol. The molecule has 3 nitrogen and oxygen atoms in total. The Morgan fingerprint density at radius 1 is 1.18 bits per heavy atom. The van der Waals surface area contributed by atoms with E-state index in [4.69, 9.17) is 0 Å². The molecule has 2 aromatic carbocycles. The molecule has 1 heterocycles. The van der Waals surface area contributed by atoms with Crippen LogP contribution in [0.25, 0.3) is 10.9 Å². The van der Waals surface area contributed by atoms with E-state index in [1.807, 2.05) is 49.5 Å². The molecule has 3 rings (SSSR count). The minimum absolute atomic E-state index is 0.0109. The Morgan fingerprint density at radius 2 is 2.05 bits per heavy atom. The molecule has 112 valence electrons. The normalized spacial score (nSPS) is 10.8. The van der Waals surface area contributed by atoms with Crippen molar-refractivity contribution in [3.8, 4) is 0 Å². The number of carbonyl (C=O) groups excluding carboxylic acids is 1. The molecule has 0 spiro atoms. The molecule has 1 amide bonds. The SMILES string of the molecule is Cc1cccc(C(=O)NCCSc2c[nH]c3ccccc23)c1. The van der Waals surface area contributed by atoms with Crippen molar-refractivity contribution in [2.75, 3.05) is 12.3 Å². The standard InChI is InChI=1S/C18H18N2OS/c1-13-5-4-6-14(11-13)18(21)19-9-10-22-17-12-20-16-8-3-2-7-15(16)17/h2-8,11-12,20H,9-10H2,1H3,(H,19,21). The van der Waals surface area contributed by atoms with Crippen LogP contribution >= 0.6 is 11.8 Å². The van der Waals surface area contributed by atoms with Crippen molar-refractivity contribution in [2.24, 2.45) is 0 Å². The number of aromatic nitrogens is 1. The largest absolute Gasteiger partial charge is 0.360 e. The van der Waals surface area contributed by atoms with E-state index in [0.717, 1.165) is 22.4 Å². The van der Waals surface area contributed by atoms with Gasteiger partial charge in [0.15, 0.2) is 0 Å². The third-order valence-electron chi connectivity index (χ3n) is 3.48. The van der Waals surface area contributed by atoms with E-state index in [-0.39, 0.29) is 5.91 Å². The van der Waals surface area contributed by atoms with Gasteiger partial charge in [-0.3, -0.25) is 4.79 Å². The van der Waals surface area contributed by atoms with Gasteiger partial charge in [-0.1, -0.05) is 35.9 Å². The molecule has 0 unspecified atom stereocenters. The molecule has 1 aromatic heterocycles. The number of aryl methyl sites for hydroxylation is 1. The van der Waals surface area contributed by atoms with Crippen molar-refractivity contribution in [1.82, 2.24) is 10.3 Å². The predicted molar refractivity (Wildman–Crippen MR) is 92.5 cm³/mol. The van der Waals surface area contributed by atoms with E-state index in [2.05, 4.69) is 22.4 Å². The van der Waals surface area contributed by atoms with Crippen molar-refractivity contribution < 1.29 is 4.79 Å². The molecule has 0 atom stereocenters. The van der Waals surface area contributed by atoms with Crippen LogP contribution in [-0.4, -0.2) is 23.2 Å². The second-order valence-electron chi connectivity index (χ2n) is 5.17. The Morgan fingerprint density at radius 3 is 2.91 bits per heavy atom. The Bertz CT molecular complexity index is 794. The molecule has 22 heavy (non-hydrogen) atoms. The lowest BCUT2D eigenvalue weighted by Crippen LogP contribution is -2.25. The van der Waals surface area contributed by atoms with Crippen LogP contribution in [0, 0.1) is 6.92 Å². The van der Waals surface area contributed by atoms with E-state index < -0.39 is 0 Å². The van der Waals surface area contributed by atoms with Crippen LogP contribution in [-0.2, 0) is 0 Å². The maximum atomic E-state index is 12.0. The molecule has 3 aromatic rings. The zero-order chi connectivity index (χ0) is 15.4. The van der Waals surface area contributed by atoms with Gasteiger partial charge in [0, 0.05) is 39.9 Å². The van der Waals surface area contributed by atoms with E-state index in [1.165, 1.54) is 10.3 Å². The van der Waals surface area contributed by atoms with Gasteiger partial charge >= 0.3 is 0 Å². The monoisotopic (exact) mass is 310 g/mol. The number of nitrogens with one attached hydrogen (secondary N) is 2. The van der Waals surface area contributed by atoms with Gasteiger partial charge in [-0.05, 0) is 25.1 Å². The highest BCUT2D eigenvalue weighted by molar-refractivity contribution is 7.99. The third kappa shape index (κ3) is 3.34. The molecule has 0 fully saturated rings.